The number of carbonyl (C=O) groups is 1. The second kappa shape index (κ2) is 5.82. The van der Waals surface area contributed by atoms with Gasteiger partial charge in [-0.25, -0.2) is 0 Å². The Labute approximate surface area is 129 Å². The predicted octanol–water partition coefficient (Wildman–Crippen LogP) is 3.61. The Kier molecular flexibility index (Phi) is 3.88. The minimum absolute atomic E-state index is 0.0563. The number of fused-ring (bicyclic) bond motifs is 1. The highest BCUT2D eigenvalue weighted by Crippen LogP contribution is 2.40. The van der Waals surface area contributed by atoms with Crippen LogP contribution in [0.1, 0.15) is 27.5 Å². The number of carbonyl (C=O) groups excluding carboxylic acids is 1. The Morgan fingerprint density at radius 2 is 2.05 bits per heavy atom. The van der Waals surface area contributed by atoms with Gasteiger partial charge in [0.1, 0.15) is 0 Å². The lowest BCUT2D eigenvalue weighted by atomic mass is 10.1. The fourth-order valence-corrected chi connectivity index (χ4v) is 3.69. The lowest BCUT2D eigenvalue weighted by Gasteiger charge is -2.17. The van der Waals surface area contributed by atoms with Gasteiger partial charge in [0.2, 0.25) is 0 Å². The number of aryl methyl sites for hydroxylation is 1. The van der Waals surface area contributed by atoms with Crippen molar-refractivity contribution in [3.8, 4) is 0 Å². The number of rotatable bonds is 3. The van der Waals surface area contributed by atoms with Crippen LogP contribution >= 0.6 is 11.8 Å². The van der Waals surface area contributed by atoms with E-state index in [0.29, 0.717) is 11.6 Å². The molecule has 3 nitrogen and oxygen atoms in total. The second-order valence-corrected chi connectivity index (χ2v) is 6.22. The first-order valence-electron chi connectivity index (χ1n) is 7.00. The summed E-state index contributed by atoms with van der Waals surface area (Å²) in [6.45, 7) is 2.06. The van der Waals surface area contributed by atoms with Crippen molar-refractivity contribution in [1.82, 2.24) is 5.32 Å². The van der Waals surface area contributed by atoms with Crippen LogP contribution in [0.25, 0.3) is 0 Å². The van der Waals surface area contributed by atoms with Crippen molar-refractivity contribution in [3.63, 3.8) is 0 Å². The zero-order chi connectivity index (χ0) is 14.8. The first-order chi connectivity index (χ1) is 10.2. The summed E-state index contributed by atoms with van der Waals surface area (Å²) in [6.07, 6.45) is 0. The maximum Gasteiger partial charge on any atom is 0.251 e. The normalized spacial score (nSPS) is 16.4. The lowest BCUT2D eigenvalue weighted by molar-refractivity contribution is 0.0963. The molecule has 21 heavy (non-hydrogen) atoms. The summed E-state index contributed by atoms with van der Waals surface area (Å²) in [4.78, 5) is 13.1. The minimum atomic E-state index is -0.0563. The number of hydrogen-bond donors (Lipinski definition) is 2. The molecular weight excluding hydrogens is 280 g/mol. The summed E-state index contributed by atoms with van der Waals surface area (Å²) in [5.74, 6) is 0.961. The fraction of sp³-hybridized carbons (Fsp3) is 0.235. The van der Waals surface area contributed by atoms with E-state index in [2.05, 4.69) is 41.8 Å². The van der Waals surface area contributed by atoms with Gasteiger partial charge in [0.05, 0.1) is 6.04 Å². The Morgan fingerprint density at radius 1 is 1.24 bits per heavy atom. The molecule has 0 saturated carbocycles. The molecule has 0 aromatic heterocycles. The molecule has 0 bridgehead atoms. The zero-order valence-electron chi connectivity index (χ0n) is 12.1. The van der Waals surface area contributed by atoms with Crippen LogP contribution in [0.3, 0.4) is 0 Å². The van der Waals surface area contributed by atoms with Crippen molar-refractivity contribution in [1.29, 1.82) is 0 Å². The van der Waals surface area contributed by atoms with E-state index in [0.717, 1.165) is 17.0 Å². The molecule has 2 aromatic rings. The van der Waals surface area contributed by atoms with Crippen LogP contribution in [0.15, 0.2) is 47.4 Å². The maximum absolute atomic E-state index is 11.8. The average Bonchev–Trinajstić information content (AvgIpc) is 2.92. The lowest BCUT2D eigenvalue weighted by Crippen LogP contribution is -2.18. The largest absolute Gasteiger partial charge is 0.377 e. The van der Waals surface area contributed by atoms with Crippen LogP contribution in [-0.2, 0) is 0 Å². The molecule has 1 amide bonds. The SMILES string of the molecule is CNC(=O)c1ccc(C)c(NC2CSc3ccccc32)c1. The van der Waals surface area contributed by atoms with E-state index in [1.54, 1.807) is 7.05 Å². The second-order valence-electron chi connectivity index (χ2n) is 5.15. The van der Waals surface area contributed by atoms with E-state index in [4.69, 9.17) is 0 Å². The topological polar surface area (TPSA) is 41.1 Å². The molecule has 1 aliphatic heterocycles. The number of thioether (sulfide) groups is 1. The Hall–Kier alpha value is -1.94. The third kappa shape index (κ3) is 2.76. The summed E-state index contributed by atoms with van der Waals surface area (Å²) in [6, 6.07) is 14.6. The minimum Gasteiger partial charge on any atom is -0.377 e. The molecule has 108 valence electrons. The van der Waals surface area contributed by atoms with E-state index >= 15 is 0 Å². The van der Waals surface area contributed by atoms with Crippen LogP contribution in [0.4, 0.5) is 5.69 Å². The number of nitrogens with one attached hydrogen (secondary N) is 2. The average molecular weight is 298 g/mol. The van der Waals surface area contributed by atoms with Gasteiger partial charge < -0.3 is 10.6 Å². The molecule has 1 unspecified atom stereocenters. The first-order valence-corrected chi connectivity index (χ1v) is 7.98. The van der Waals surface area contributed by atoms with Gasteiger partial charge in [0, 0.05) is 28.9 Å². The van der Waals surface area contributed by atoms with Crippen LogP contribution in [-0.4, -0.2) is 18.7 Å². The van der Waals surface area contributed by atoms with Gasteiger partial charge in [-0.3, -0.25) is 4.79 Å². The Balaban J connectivity index is 1.87. The third-order valence-corrected chi connectivity index (χ3v) is 4.94. The predicted molar refractivity (Wildman–Crippen MR) is 88.1 cm³/mol. The molecule has 0 radical (unpaired) electrons. The van der Waals surface area contributed by atoms with Gasteiger partial charge in [0.25, 0.3) is 5.91 Å². The summed E-state index contributed by atoms with van der Waals surface area (Å²) >= 11 is 1.87. The highest BCUT2D eigenvalue weighted by atomic mass is 32.2. The van der Waals surface area contributed by atoms with Gasteiger partial charge in [-0.05, 0) is 36.2 Å². The smallest absolute Gasteiger partial charge is 0.251 e. The number of anilines is 1. The highest BCUT2D eigenvalue weighted by Gasteiger charge is 2.23. The first kappa shape index (κ1) is 14.0. The van der Waals surface area contributed by atoms with Crippen molar-refractivity contribution < 1.29 is 4.79 Å². The summed E-state index contributed by atoms with van der Waals surface area (Å²) in [5, 5.41) is 6.25. The van der Waals surface area contributed by atoms with Crippen molar-refractivity contribution >= 4 is 23.4 Å². The maximum atomic E-state index is 11.8. The van der Waals surface area contributed by atoms with Crippen molar-refractivity contribution in [2.45, 2.75) is 17.9 Å². The van der Waals surface area contributed by atoms with E-state index in [9.17, 15) is 4.79 Å². The number of amides is 1. The van der Waals surface area contributed by atoms with Gasteiger partial charge >= 0.3 is 0 Å². The molecule has 0 fully saturated rings. The molecule has 4 heteroatoms. The Bertz CT molecular complexity index is 684. The quantitative estimate of drug-likeness (QED) is 0.909. The van der Waals surface area contributed by atoms with E-state index < -0.39 is 0 Å². The van der Waals surface area contributed by atoms with E-state index in [1.165, 1.54) is 10.5 Å². The number of benzene rings is 2. The molecule has 2 N–H and O–H groups in total. The van der Waals surface area contributed by atoms with Crippen LogP contribution in [0, 0.1) is 6.92 Å². The van der Waals surface area contributed by atoms with E-state index in [-0.39, 0.29) is 5.91 Å². The molecule has 0 saturated heterocycles. The van der Waals surface area contributed by atoms with Gasteiger partial charge in [-0.2, -0.15) is 0 Å². The summed E-state index contributed by atoms with van der Waals surface area (Å²) in [7, 11) is 1.65. The fourth-order valence-electron chi connectivity index (χ4n) is 2.53. The monoisotopic (exact) mass is 298 g/mol. The molecule has 2 aromatic carbocycles. The molecule has 3 rings (SSSR count). The zero-order valence-corrected chi connectivity index (χ0v) is 13.0. The van der Waals surface area contributed by atoms with Crippen LogP contribution in [0.5, 0.6) is 0 Å². The summed E-state index contributed by atoms with van der Waals surface area (Å²) < 4.78 is 0. The third-order valence-electron chi connectivity index (χ3n) is 3.76. The van der Waals surface area contributed by atoms with Crippen LogP contribution in [0.2, 0.25) is 0 Å². The van der Waals surface area contributed by atoms with Crippen molar-refractivity contribution in [2.75, 3.05) is 18.1 Å². The molecule has 0 spiro atoms. The van der Waals surface area contributed by atoms with Gasteiger partial charge in [0.15, 0.2) is 0 Å². The number of hydrogen-bond acceptors (Lipinski definition) is 3. The Morgan fingerprint density at radius 3 is 2.86 bits per heavy atom. The molecule has 1 aliphatic rings. The van der Waals surface area contributed by atoms with Crippen LogP contribution < -0.4 is 10.6 Å². The van der Waals surface area contributed by atoms with Gasteiger partial charge in [-0.15, -0.1) is 11.8 Å². The molecule has 1 atom stereocenters. The standard InChI is InChI=1S/C17H18N2OS/c1-11-7-8-12(17(20)18-2)9-14(11)19-15-10-21-16-6-4-3-5-13(15)16/h3-9,15,19H,10H2,1-2H3,(H,18,20). The van der Waals surface area contributed by atoms with Gasteiger partial charge in [-0.1, -0.05) is 24.3 Å². The van der Waals surface area contributed by atoms with Crippen molar-refractivity contribution in [3.05, 3.63) is 59.2 Å². The summed E-state index contributed by atoms with van der Waals surface area (Å²) in [5.41, 5.74) is 4.20. The molecule has 0 aliphatic carbocycles. The van der Waals surface area contributed by atoms with E-state index in [1.807, 2.05) is 30.0 Å². The molecule has 1 heterocycles. The van der Waals surface area contributed by atoms with Crippen molar-refractivity contribution in [2.24, 2.45) is 0 Å². The molecular formula is C17H18N2OS. The highest BCUT2D eigenvalue weighted by molar-refractivity contribution is 7.99.